The number of ether oxygens (including phenoxy) is 1. The van der Waals surface area contributed by atoms with Crippen LogP contribution in [-0.4, -0.2) is 32.6 Å². The zero-order valence-corrected chi connectivity index (χ0v) is 16.5. The molecule has 0 saturated carbocycles. The van der Waals surface area contributed by atoms with Crippen molar-refractivity contribution in [1.82, 2.24) is 19.6 Å². The maximum atomic E-state index is 12.4. The SMILES string of the molecule is COc1cccc(-c2nc3c4ccccc4nc([C@@](N)(C(N)=O)C(C)C)n3n2)c1. The Kier molecular flexibility index (Phi) is 4.43. The van der Waals surface area contributed by atoms with Crippen molar-refractivity contribution in [1.29, 1.82) is 0 Å². The van der Waals surface area contributed by atoms with Crippen LogP contribution in [0.5, 0.6) is 5.75 Å². The second-order valence-electron chi connectivity index (χ2n) is 7.24. The van der Waals surface area contributed by atoms with E-state index in [1.165, 1.54) is 4.52 Å². The highest BCUT2D eigenvalue weighted by Gasteiger charge is 2.42. The van der Waals surface area contributed by atoms with Gasteiger partial charge in [-0.3, -0.25) is 4.79 Å². The van der Waals surface area contributed by atoms with Crippen molar-refractivity contribution >= 4 is 22.5 Å². The maximum absolute atomic E-state index is 12.4. The summed E-state index contributed by atoms with van der Waals surface area (Å²) in [6.45, 7) is 3.65. The molecule has 4 N–H and O–H groups in total. The third-order valence-corrected chi connectivity index (χ3v) is 5.20. The topological polar surface area (TPSA) is 121 Å². The third kappa shape index (κ3) is 2.89. The maximum Gasteiger partial charge on any atom is 0.245 e. The molecule has 4 rings (SSSR count). The van der Waals surface area contributed by atoms with Crippen LogP contribution in [-0.2, 0) is 10.3 Å². The highest BCUT2D eigenvalue weighted by Crippen LogP contribution is 2.30. The first-order valence-electron chi connectivity index (χ1n) is 9.25. The van der Waals surface area contributed by atoms with Crippen molar-refractivity contribution in [2.45, 2.75) is 19.4 Å². The van der Waals surface area contributed by atoms with Gasteiger partial charge in [-0.2, -0.15) is 4.52 Å². The zero-order chi connectivity index (χ0) is 20.8. The molecule has 2 aromatic heterocycles. The smallest absolute Gasteiger partial charge is 0.245 e. The van der Waals surface area contributed by atoms with Gasteiger partial charge in [-0.05, 0) is 30.2 Å². The van der Waals surface area contributed by atoms with Crippen molar-refractivity contribution in [3.05, 3.63) is 54.4 Å². The fourth-order valence-corrected chi connectivity index (χ4v) is 3.36. The Labute approximate surface area is 167 Å². The molecule has 0 bridgehead atoms. The molecule has 4 aromatic rings. The summed E-state index contributed by atoms with van der Waals surface area (Å²) in [6.07, 6.45) is 0. The zero-order valence-electron chi connectivity index (χ0n) is 16.5. The van der Waals surface area contributed by atoms with E-state index in [1.807, 2.05) is 62.4 Å². The Morgan fingerprint density at radius 2 is 1.90 bits per heavy atom. The molecule has 148 valence electrons. The van der Waals surface area contributed by atoms with Crippen LogP contribution in [0.1, 0.15) is 19.7 Å². The van der Waals surface area contributed by atoms with E-state index in [4.69, 9.17) is 21.2 Å². The van der Waals surface area contributed by atoms with Crippen LogP contribution in [0.25, 0.3) is 27.9 Å². The van der Waals surface area contributed by atoms with Gasteiger partial charge in [-0.25, -0.2) is 9.97 Å². The molecule has 0 aliphatic carbocycles. The molecule has 0 unspecified atom stereocenters. The first-order chi connectivity index (χ1) is 13.9. The normalized spacial score (nSPS) is 13.7. The van der Waals surface area contributed by atoms with E-state index >= 15 is 0 Å². The lowest BCUT2D eigenvalue weighted by Gasteiger charge is -2.29. The van der Waals surface area contributed by atoms with Crippen LogP contribution >= 0.6 is 0 Å². The summed E-state index contributed by atoms with van der Waals surface area (Å²) in [6, 6.07) is 15.0. The Balaban J connectivity index is 2.08. The Morgan fingerprint density at radius 3 is 2.59 bits per heavy atom. The molecule has 0 aliphatic rings. The minimum atomic E-state index is -1.51. The number of nitrogens with two attached hydrogens (primary N) is 2. The summed E-state index contributed by atoms with van der Waals surface area (Å²) in [7, 11) is 1.60. The molecule has 0 spiro atoms. The first-order valence-corrected chi connectivity index (χ1v) is 9.25. The molecule has 2 heterocycles. The van der Waals surface area contributed by atoms with E-state index in [-0.39, 0.29) is 11.7 Å². The number of fused-ring (bicyclic) bond motifs is 3. The molecule has 29 heavy (non-hydrogen) atoms. The lowest BCUT2D eigenvalue weighted by molar-refractivity contribution is -0.125. The molecule has 1 atom stereocenters. The van der Waals surface area contributed by atoms with Crippen molar-refractivity contribution in [3.8, 4) is 17.1 Å². The van der Waals surface area contributed by atoms with Gasteiger partial charge in [0.05, 0.1) is 12.6 Å². The molecule has 8 heteroatoms. The average Bonchev–Trinajstić information content (AvgIpc) is 3.18. The van der Waals surface area contributed by atoms with Crippen LogP contribution in [0.15, 0.2) is 48.5 Å². The number of para-hydroxylation sites is 1. The minimum Gasteiger partial charge on any atom is -0.497 e. The Bertz CT molecular complexity index is 1230. The number of aromatic nitrogens is 4. The van der Waals surface area contributed by atoms with Crippen LogP contribution in [0, 0.1) is 5.92 Å². The average molecular weight is 390 g/mol. The summed E-state index contributed by atoms with van der Waals surface area (Å²) in [4.78, 5) is 21.8. The Hall–Kier alpha value is -3.52. The van der Waals surface area contributed by atoms with Gasteiger partial charge in [-0.1, -0.05) is 38.1 Å². The fraction of sp³-hybridized carbons (Fsp3) is 0.238. The molecule has 8 nitrogen and oxygen atoms in total. The molecule has 0 saturated heterocycles. The fourth-order valence-electron chi connectivity index (χ4n) is 3.36. The van der Waals surface area contributed by atoms with Gasteiger partial charge in [0.15, 0.2) is 22.8 Å². The number of carbonyl (C=O) groups is 1. The summed E-state index contributed by atoms with van der Waals surface area (Å²) < 4.78 is 6.84. The highest BCUT2D eigenvalue weighted by atomic mass is 16.5. The predicted molar refractivity (Wildman–Crippen MR) is 110 cm³/mol. The largest absolute Gasteiger partial charge is 0.497 e. The predicted octanol–water partition coefficient (Wildman–Crippen LogP) is 2.25. The molecular weight excluding hydrogens is 368 g/mol. The van der Waals surface area contributed by atoms with E-state index in [9.17, 15) is 4.79 Å². The van der Waals surface area contributed by atoms with Crippen LogP contribution in [0.3, 0.4) is 0 Å². The van der Waals surface area contributed by atoms with Gasteiger partial charge in [0.25, 0.3) is 0 Å². The summed E-state index contributed by atoms with van der Waals surface area (Å²) in [5.41, 5.74) is 12.7. The number of nitrogens with zero attached hydrogens (tertiary/aromatic N) is 4. The van der Waals surface area contributed by atoms with E-state index in [1.54, 1.807) is 7.11 Å². The standard InChI is InChI=1S/C21H22N6O2/c1-12(2)21(23,19(22)28)20-24-16-10-5-4-9-15(16)18-25-17(26-27(18)20)13-7-6-8-14(11-13)29-3/h4-12H,23H2,1-3H3,(H2,22,28)/t21-/m0/s1. The number of rotatable bonds is 5. The second kappa shape index (κ2) is 6.82. The van der Waals surface area contributed by atoms with Crippen molar-refractivity contribution < 1.29 is 9.53 Å². The number of carbonyl (C=O) groups excluding carboxylic acids is 1. The van der Waals surface area contributed by atoms with Gasteiger partial charge in [-0.15, -0.1) is 5.10 Å². The Morgan fingerprint density at radius 1 is 1.14 bits per heavy atom. The molecule has 1 amide bonds. The lowest BCUT2D eigenvalue weighted by atomic mass is 9.85. The number of primary amides is 1. The van der Waals surface area contributed by atoms with E-state index in [0.29, 0.717) is 22.7 Å². The summed E-state index contributed by atoms with van der Waals surface area (Å²) in [5, 5.41) is 5.44. The number of methoxy groups -OCH3 is 1. The quantitative estimate of drug-likeness (QED) is 0.539. The van der Waals surface area contributed by atoms with Crippen molar-refractivity contribution in [3.63, 3.8) is 0 Å². The van der Waals surface area contributed by atoms with Crippen molar-refractivity contribution in [2.24, 2.45) is 17.4 Å². The summed E-state index contributed by atoms with van der Waals surface area (Å²) in [5.74, 6) is 0.447. The lowest BCUT2D eigenvalue weighted by Crippen LogP contribution is -2.54. The highest BCUT2D eigenvalue weighted by molar-refractivity contribution is 5.93. The van der Waals surface area contributed by atoms with Gasteiger partial charge in [0, 0.05) is 10.9 Å². The third-order valence-electron chi connectivity index (χ3n) is 5.20. The van der Waals surface area contributed by atoms with Crippen LogP contribution < -0.4 is 16.2 Å². The van der Waals surface area contributed by atoms with Crippen LogP contribution in [0.4, 0.5) is 0 Å². The molecule has 0 aliphatic heterocycles. The number of hydrogen-bond donors (Lipinski definition) is 2. The van der Waals surface area contributed by atoms with E-state index < -0.39 is 11.4 Å². The van der Waals surface area contributed by atoms with E-state index in [0.717, 1.165) is 10.9 Å². The summed E-state index contributed by atoms with van der Waals surface area (Å²) >= 11 is 0. The molecule has 0 fully saturated rings. The van der Waals surface area contributed by atoms with Gasteiger partial charge < -0.3 is 16.2 Å². The molecule has 2 aromatic carbocycles. The van der Waals surface area contributed by atoms with Crippen molar-refractivity contribution in [2.75, 3.05) is 7.11 Å². The monoisotopic (exact) mass is 390 g/mol. The number of hydrogen-bond acceptors (Lipinski definition) is 6. The minimum absolute atomic E-state index is 0.260. The van der Waals surface area contributed by atoms with E-state index in [2.05, 4.69) is 10.1 Å². The van der Waals surface area contributed by atoms with Gasteiger partial charge >= 0.3 is 0 Å². The van der Waals surface area contributed by atoms with Crippen LogP contribution in [0.2, 0.25) is 0 Å². The number of benzene rings is 2. The number of amides is 1. The van der Waals surface area contributed by atoms with Gasteiger partial charge in [0.2, 0.25) is 5.91 Å². The molecule has 0 radical (unpaired) electrons. The van der Waals surface area contributed by atoms with Gasteiger partial charge in [0.1, 0.15) is 5.75 Å². The molecular formula is C21H22N6O2. The second-order valence-corrected chi connectivity index (χ2v) is 7.24. The first kappa shape index (κ1) is 18.8.